The van der Waals surface area contributed by atoms with Crippen molar-refractivity contribution < 1.29 is 26.7 Å². The standard InChI is InChI=1S/C41H37ClF2N6O5S/c1-25-18-29(42)5-11-34(25)28-4-10-35-37(22-28)46-40(50(41(35)52)32-6-8-33(9-7-32)56(53,54)49-14-16-55-17-15-49)38(21-26-19-30(43)23-31(44)20-26)45-39(51)24-48-13-12-36(47-48)27-2-3-27/h4-13,18-20,22-23,27,38H,2-3,14-17,21,24H2,1H3,(H,45,51). The van der Waals surface area contributed by atoms with Crippen LogP contribution in [0.3, 0.4) is 0 Å². The Morgan fingerprint density at radius 3 is 2.39 bits per heavy atom. The minimum atomic E-state index is -3.86. The van der Waals surface area contributed by atoms with Gasteiger partial charge >= 0.3 is 0 Å². The number of hydrogen-bond donors (Lipinski definition) is 1. The summed E-state index contributed by atoms with van der Waals surface area (Å²) in [5, 5.41) is 8.34. The Bertz CT molecular complexity index is 2620. The summed E-state index contributed by atoms with van der Waals surface area (Å²) in [6, 6.07) is 20.4. The van der Waals surface area contributed by atoms with E-state index in [4.69, 9.17) is 21.3 Å². The van der Waals surface area contributed by atoms with E-state index in [0.29, 0.717) is 16.5 Å². The van der Waals surface area contributed by atoms with Crippen molar-refractivity contribution in [1.82, 2.24) is 29.0 Å². The molecule has 0 spiro atoms. The number of ether oxygens (including phenoxy) is 1. The van der Waals surface area contributed by atoms with Gasteiger partial charge < -0.3 is 10.1 Å². The van der Waals surface area contributed by atoms with Gasteiger partial charge in [0.2, 0.25) is 15.9 Å². The summed E-state index contributed by atoms with van der Waals surface area (Å²) in [6.07, 6.45) is 3.66. The molecule has 0 bridgehead atoms. The second kappa shape index (κ2) is 15.3. The fraction of sp³-hybridized carbons (Fsp3) is 0.268. The van der Waals surface area contributed by atoms with Gasteiger partial charge in [0.25, 0.3) is 5.56 Å². The Kier molecular flexibility index (Phi) is 10.3. The Balaban J connectivity index is 1.26. The molecule has 8 rings (SSSR count). The highest BCUT2D eigenvalue weighted by molar-refractivity contribution is 7.89. The number of halogens is 3. The molecule has 2 aliphatic rings. The molecule has 15 heteroatoms. The number of rotatable bonds is 11. The van der Waals surface area contributed by atoms with Crippen molar-refractivity contribution >= 4 is 38.4 Å². The van der Waals surface area contributed by atoms with Crippen molar-refractivity contribution in [1.29, 1.82) is 0 Å². The van der Waals surface area contributed by atoms with Crippen molar-refractivity contribution in [2.24, 2.45) is 0 Å². The fourth-order valence-corrected chi connectivity index (χ4v) is 8.76. The normalized spacial score (nSPS) is 15.6. The number of fused-ring (bicyclic) bond motifs is 1. The van der Waals surface area contributed by atoms with Gasteiger partial charge in [-0.1, -0.05) is 23.7 Å². The first kappa shape index (κ1) is 37.6. The molecule has 1 atom stereocenters. The highest BCUT2D eigenvalue weighted by Crippen LogP contribution is 2.39. The molecule has 4 aromatic carbocycles. The molecule has 288 valence electrons. The molecule has 1 N–H and O–H groups in total. The van der Waals surface area contributed by atoms with Gasteiger partial charge in [0, 0.05) is 42.7 Å². The van der Waals surface area contributed by atoms with E-state index in [0.717, 1.165) is 53.4 Å². The third-order valence-corrected chi connectivity index (χ3v) is 12.2. The molecule has 11 nitrogen and oxygen atoms in total. The average Bonchev–Trinajstić information content (AvgIpc) is 3.92. The zero-order valence-electron chi connectivity index (χ0n) is 30.3. The molecular weight excluding hydrogens is 762 g/mol. The predicted molar refractivity (Wildman–Crippen MR) is 207 cm³/mol. The molecule has 56 heavy (non-hydrogen) atoms. The molecule has 2 aromatic heterocycles. The zero-order chi connectivity index (χ0) is 39.1. The van der Waals surface area contributed by atoms with Crippen LogP contribution in [0.1, 0.15) is 47.4 Å². The summed E-state index contributed by atoms with van der Waals surface area (Å²) in [5.74, 6) is -1.65. The van der Waals surface area contributed by atoms with Crippen LogP contribution >= 0.6 is 11.6 Å². The summed E-state index contributed by atoms with van der Waals surface area (Å²) in [7, 11) is -3.86. The second-order valence-electron chi connectivity index (χ2n) is 14.1. The Morgan fingerprint density at radius 1 is 0.964 bits per heavy atom. The third kappa shape index (κ3) is 7.87. The lowest BCUT2D eigenvalue weighted by atomic mass is 9.99. The van der Waals surface area contributed by atoms with Crippen LogP contribution in [0, 0.1) is 18.6 Å². The molecule has 1 aliphatic heterocycles. The number of hydrogen-bond acceptors (Lipinski definition) is 7. The van der Waals surface area contributed by atoms with E-state index in [1.165, 1.54) is 37.8 Å². The van der Waals surface area contributed by atoms with Crippen LogP contribution < -0.4 is 10.9 Å². The minimum Gasteiger partial charge on any atom is -0.379 e. The Morgan fingerprint density at radius 2 is 1.70 bits per heavy atom. The molecule has 3 heterocycles. The van der Waals surface area contributed by atoms with Gasteiger partial charge in [-0.15, -0.1) is 0 Å². The molecule has 1 aliphatic carbocycles. The van der Waals surface area contributed by atoms with Gasteiger partial charge in [0.1, 0.15) is 24.0 Å². The lowest BCUT2D eigenvalue weighted by Gasteiger charge is -2.26. The average molecular weight is 799 g/mol. The Labute approximate surface area is 326 Å². The fourth-order valence-electron chi connectivity index (χ4n) is 7.13. The first-order valence-corrected chi connectivity index (χ1v) is 20.0. The molecule has 1 amide bonds. The van der Waals surface area contributed by atoms with Crippen LogP contribution in [0.4, 0.5) is 8.78 Å². The van der Waals surface area contributed by atoms with Crippen LogP contribution in [0.25, 0.3) is 27.7 Å². The number of carbonyl (C=O) groups is 1. The maximum atomic E-state index is 14.7. The first-order chi connectivity index (χ1) is 26.9. The van der Waals surface area contributed by atoms with Crippen molar-refractivity contribution in [2.45, 2.75) is 49.6 Å². The maximum absolute atomic E-state index is 14.7. The molecule has 1 unspecified atom stereocenters. The van der Waals surface area contributed by atoms with E-state index in [2.05, 4.69) is 10.4 Å². The quantitative estimate of drug-likeness (QED) is 0.159. The predicted octanol–water partition coefficient (Wildman–Crippen LogP) is 6.49. The smallest absolute Gasteiger partial charge is 0.266 e. The monoisotopic (exact) mass is 798 g/mol. The van der Waals surface area contributed by atoms with Crippen LogP contribution in [-0.4, -0.2) is 64.3 Å². The number of morpholine rings is 1. The van der Waals surface area contributed by atoms with Gasteiger partial charge in [0.05, 0.1) is 46.4 Å². The number of amides is 1. The van der Waals surface area contributed by atoms with E-state index < -0.39 is 39.2 Å². The van der Waals surface area contributed by atoms with Crippen molar-refractivity contribution in [3.05, 3.63) is 141 Å². The number of carbonyl (C=O) groups excluding carboxylic acids is 1. The largest absolute Gasteiger partial charge is 0.379 e. The van der Waals surface area contributed by atoms with Gasteiger partial charge in [0.15, 0.2) is 0 Å². The summed E-state index contributed by atoms with van der Waals surface area (Å²) in [4.78, 5) is 33.5. The van der Waals surface area contributed by atoms with E-state index in [-0.39, 0.29) is 66.6 Å². The van der Waals surface area contributed by atoms with E-state index in [1.807, 2.05) is 25.1 Å². The lowest BCUT2D eigenvalue weighted by molar-refractivity contribution is -0.122. The molecule has 1 saturated carbocycles. The zero-order valence-corrected chi connectivity index (χ0v) is 31.9. The number of aromatic nitrogens is 4. The highest BCUT2D eigenvalue weighted by atomic mass is 35.5. The summed E-state index contributed by atoms with van der Waals surface area (Å²) in [6.45, 7) is 2.74. The number of benzene rings is 4. The molecule has 1 saturated heterocycles. The molecule has 6 aromatic rings. The van der Waals surface area contributed by atoms with E-state index in [9.17, 15) is 26.8 Å². The summed E-state index contributed by atoms with van der Waals surface area (Å²) in [5.41, 5.74) is 3.72. The molecule has 0 radical (unpaired) electrons. The van der Waals surface area contributed by atoms with Crippen molar-refractivity contribution in [3.8, 4) is 16.8 Å². The van der Waals surface area contributed by atoms with Crippen LogP contribution in [-0.2, 0) is 32.5 Å². The number of nitrogens with one attached hydrogen (secondary N) is 1. The van der Waals surface area contributed by atoms with Gasteiger partial charge in [-0.3, -0.25) is 18.8 Å². The SMILES string of the molecule is Cc1cc(Cl)ccc1-c1ccc2c(=O)n(-c3ccc(S(=O)(=O)N4CCOCC4)cc3)c(C(Cc3cc(F)cc(F)c3)NC(=O)Cn3ccc(C4CC4)n3)nc2c1. The summed E-state index contributed by atoms with van der Waals surface area (Å²) < 4.78 is 65.6. The third-order valence-electron chi connectivity index (χ3n) is 10.1. The van der Waals surface area contributed by atoms with Gasteiger partial charge in [-0.05, 0) is 109 Å². The maximum Gasteiger partial charge on any atom is 0.266 e. The number of sulfonamides is 1. The van der Waals surface area contributed by atoms with Crippen LogP contribution in [0.2, 0.25) is 5.02 Å². The van der Waals surface area contributed by atoms with Crippen molar-refractivity contribution in [2.75, 3.05) is 26.3 Å². The van der Waals surface area contributed by atoms with Crippen molar-refractivity contribution in [3.63, 3.8) is 0 Å². The topological polar surface area (TPSA) is 128 Å². The molecular formula is C41H37ClF2N6O5S. The van der Waals surface area contributed by atoms with E-state index >= 15 is 0 Å². The number of aryl methyl sites for hydroxylation is 1. The highest BCUT2D eigenvalue weighted by Gasteiger charge is 2.29. The molecule has 2 fully saturated rings. The Hall–Kier alpha value is -5.28. The van der Waals surface area contributed by atoms with Crippen LogP contribution in [0.15, 0.2) is 101 Å². The number of nitrogens with zero attached hydrogens (tertiary/aromatic N) is 5. The van der Waals surface area contributed by atoms with Gasteiger partial charge in [-0.25, -0.2) is 22.2 Å². The van der Waals surface area contributed by atoms with Crippen LogP contribution in [0.5, 0.6) is 0 Å². The minimum absolute atomic E-state index is 0.0272. The lowest BCUT2D eigenvalue weighted by Crippen LogP contribution is -2.40. The second-order valence-corrected chi connectivity index (χ2v) is 16.5. The first-order valence-electron chi connectivity index (χ1n) is 18.2. The van der Waals surface area contributed by atoms with E-state index in [1.54, 1.807) is 30.5 Å². The summed E-state index contributed by atoms with van der Waals surface area (Å²) >= 11 is 6.24. The van der Waals surface area contributed by atoms with Gasteiger partial charge in [-0.2, -0.15) is 9.40 Å².